The summed E-state index contributed by atoms with van der Waals surface area (Å²) in [6, 6.07) is 7.53. The molecular formula is C13H15NO3. The van der Waals surface area contributed by atoms with E-state index in [0.29, 0.717) is 13.2 Å². The number of rotatable bonds is 3. The van der Waals surface area contributed by atoms with Gasteiger partial charge in [0.2, 0.25) is 0 Å². The van der Waals surface area contributed by atoms with Crippen molar-refractivity contribution in [3.8, 4) is 5.75 Å². The first-order valence-electron chi connectivity index (χ1n) is 5.56. The molecule has 0 aliphatic carbocycles. The van der Waals surface area contributed by atoms with Gasteiger partial charge in [-0.2, -0.15) is 0 Å². The summed E-state index contributed by atoms with van der Waals surface area (Å²) in [5.41, 5.74) is 0.928. The van der Waals surface area contributed by atoms with Crippen molar-refractivity contribution >= 4 is 12.0 Å². The minimum atomic E-state index is -0.120. The van der Waals surface area contributed by atoms with Crippen LogP contribution < -0.4 is 4.74 Å². The zero-order chi connectivity index (χ0) is 12.1. The van der Waals surface area contributed by atoms with Crippen LogP contribution in [0.4, 0.5) is 0 Å². The highest BCUT2D eigenvalue weighted by atomic mass is 16.7. The highest BCUT2D eigenvalue weighted by Gasteiger charge is 2.16. The Labute approximate surface area is 100 Å². The van der Waals surface area contributed by atoms with Crippen LogP contribution in [-0.2, 0) is 9.63 Å². The maximum Gasteiger partial charge on any atom is 0.270 e. The predicted octanol–water partition coefficient (Wildman–Crippen LogP) is 1.87. The first kappa shape index (κ1) is 11.7. The fourth-order valence-corrected chi connectivity index (χ4v) is 1.62. The van der Waals surface area contributed by atoms with Gasteiger partial charge in [0.15, 0.2) is 0 Å². The molecule has 1 aliphatic heterocycles. The Balaban J connectivity index is 2.01. The van der Waals surface area contributed by atoms with Gasteiger partial charge in [-0.15, -0.1) is 0 Å². The molecule has 1 aromatic rings. The van der Waals surface area contributed by atoms with Crippen molar-refractivity contribution in [2.75, 3.05) is 20.3 Å². The normalized spacial score (nSPS) is 15.5. The zero-order valence-electron chi connectivity index (χ0n) is 9.76. The third kappa shape index (κ3) is 3.07. The van der Waals surface area contributed by atoms with Crippen molar-refractivity contribution < 1.29 is 14.4 Å². The molecule has 4 heteroatoms. The Morgan fingerprint density at radius 1 is 1.53 bits per heavy atom. The van der Waals surface area contributed by atoms with E-state index in [1.807, 2.05) is 24.3 Å². The number of ether oxygens (including phenoxy) is 1. The fraction of sp³-hybridized carbons (Fsp3) is 0.308. The van der Waals surface area contributed by atoms with Crippen molar-refractivity contribution in [2.45, 2.75) is 6.42 Å². The van der Waals surface area contributed by atoms with E-state index in [1.165, 1.54) is 11.1 Å². The van der Waals surface area contributed by atoms with E-state index in [-0.39, 0.29) is 5.91 Å². The van der Waals surface area contributed by atoms with Crippen LogP contribution in [-0.4, -0.2) is 31.2 Å². The second-order valence-corrected chi connectivity index (χ2v) is 3.74. The standard InChI is InChI=1S/C13H15NO3/c1-16-12-5-2-4-11(10-12)6-7-13(15)14-8-3-9-17-14/h2,4-7,10H,3,8-9H2,1H3/b7-6+. The van der Waals surface area contributed by atoms with Crippen LogP contribution in [0.2, 0.25) is 0 Å². The van der Waals surface area contributed by atoms with Crippen LogP contribution in [0, 0.1) is 0 Å². The van der Waals surface area contributed by atoms with E-state index in [1.54, 1.807) is 13.2 Å². The number of carbonyl (C=O) groups excluding carboxylic acids is 1. The van der Waals surface area contributed by atoms with Crippen LogP contribution in [0.25, 0.3) is 6.08 Å². The van der Waals surface area contributed by atoms with E-state index >= 15 is 0 Å². The molecule has 90 valence electrons. The summed E-state index contributed by atoms with van der Waals surface area (Å²) in [6.07, 6.45) is 4.17. The summed E-state index contributed by atoms with van der Waals surface area (Å²) in [7, 11) is 1.62. The summed E-state index contributed by atoms with van der Waals surface area (Å²) in [5, 5.41) is 1.39. The molecule has 0 radical (unpaired) electrons. The molecule has 0 N–H and O–H groups in total. The molecule has 0 atom stereocenters. The minimum absolute atomic E-state index is 0.120. The number of hydroxylamine groups is 2. The third-order valence-electron chi connectivity index (χ3n) is 2.51. The predicted molar refractivity (Wildman–Crippen MR) is 64.3 cm³/mol. The van der Waals surface area contributed by atoms with Gasteiger partial charge in [-0.3, -0.25) is 9.63 Å². The second-order valence-electron chi connectivity index (χ2n) is 3.74. The molecule has 0 saturated carbocycles. The van der Waals surface area contributed by atoms with Gasteiger partial charge in [-0.25, -0.2) is 5.06 Å². The van der Waals surface area contributed by atoms with E-state index in [4.69, 9.17) is 9.57 Å². The van der Waals surface area contributed by atoms with Gasteiger partial charge in [0, 0.05) is 6.08 Å². The van der Waals surface area contributed by atoms with Crippen LogP contribution >= 0.6 is 0 Å². The highest BCUT2D eigenvalue weighted by Crippen LogP contribution is 2.14. The summed E-state index contributed by atoms with van der Waals surface area (Å²) < 4.78 is 5.11. The fourth-order valence-electron chi connectivity index (χ4n) is 1.62. The van der Waals surface area contributed by atoms with E-state index < -0.39 is 0 Å². The van der Waals surface area contributed by atoms with Crippen LogP contribution in [0.3, 0.4) is 0 Å². The molecule has 1 aromatic carbocycles. The number of hydrogen-bond donors (Lipinski definition) is 0. The third-order valence-corrected chi connectivity index (χ3v) is 2.51. The van der Waals surface area contributed by atoms with Gasteiger partial charge >= 0.3 is 0 Å². The monoisotopic (exact) mass is 233 g/mol. The Bertz CT molecular complexity index is 422. The topological polar surface area (TPSA) is 38.8 Å². The Morgan fingerprint density at radius 2 is 2.41 bits per heavy atom. The Kier molecular flexibility index (Phi) is 3.77. The van der Waals surface area contributed by atoms with Crippen molar-refractivity contribution in [1.29, 1.82) is 0 Å². The molecule has 0 aromatic heterocycles. The van der Waals surface area contributed by atoms with E-state index in [2.05, 4.69) is 0 Å². The molecule has 1 aliphatic rings. The molecule has 0 bridgehead atoms. The average molecular weight is 233 g/mol. The number of carbonyl (C=O) groups is 1. The zero-order valence-corrected chi connectivity index (χ0v) is 9.76. The maximum atomic E-state index is 11.7. The lowest BCUT2D eigenvalue weighted by molar-refractivity contribution is -0.162. The number of amides is 1. The summed E-state index contributed by atoms with van der Waals surface area (Å²) in [4.78, 5) is 16.8. The summed E-state index contributed by atoms with van der Waals surface area (Å²) in [5.74, 6) is 0.655. The quantitative estimate of drug-likeness (QED) is 0.748. The molecule has 17 heavy (non-hydrogen) atoms. The van der Waals surface area contributed by atoms with Gasteiger partial charge in [0.25, 0.3) is 5.91 Å². The lowest BCUT2D eigenvalue weighted by Gasteiger charge is -2.10. The number of benzene rings is 1. The lowest BCUT2D eigenvalue weighted by Crippen LogP contribution is -2.24. The van der Waals surface area contributed by atoms with Gasteiger partial charge in [-0.05, 0) is 30.2 Å². The van der Waals surface area contributed by atoms with Crippen LogP contribution in [0.5, 0.6) is 5.75 Å². The van der Waals surface area contributed by atoms with Gasteiger partial charge in [0.05, 0.1) is 20.3 Å². The van der Waals surface area contributed by atoms with Gasteiger partial charge in [-0.1, -0.05) is 12.1 Å². The smallest absolute Gasteiger partial charge is 0.270 e. The molecule has 0 spiro atoms. The molecule has 1 saturated heterocycles. The number of methoxy groups -OCH3 is 1. The largest absolute Gasteiger partial charge is 0.497 e. The second kappa shape index (κ2) is 5.50. The number of nitrogens with zero attached hydrogens (tertiary/aromatic N) is 1. The molecule has 1 fully saturated rings. The molecule has 2 rings (SSSR count). The van der Waals surface area contributed by atoms with Crippen molar-refractivity contribution in [2.24, 2.45) is 0 Å². The summed E-state index contributed by atoms with van der Waals surface area (Å²) in [6.45, 7) is 1.29. The molecule has 0 unspecified atom stereocenters. The number of hydrogen-bond acceptors (Lipinski definition) is 3. The minimum Gasteiger partial charge on any atom is -0.497 e. The summed E-state index contributed by atoms with van der Waals surface area (Å²) >= 11 is 0. The van der Waals surface area contributed by atoms with Crippen molar-refractivity contribution in [3.05, 3.63) is 35.9 Å². The van der Waals surface area contributed by atoms with Crippen LogP contribution in [0.1, 0.15) is 12.0 Å². The van der Waals surface area contributed by atoms with Gasteiger partial charge < -0.3 is 4.74 Å². The first-order chi connectivity index (χ1) is 8.29. The van der Waals surface area contributed by atoms with Gasteiger partial charge in [0.1, 0.15) is 5.75 Å². The molecular weight excluding hydrogens is 218 g/mol. The van der Waals surface area contributed by atoms with E-state index in [9.17, 15) is 4.79 Å². The molecule has 1 amide bonds. The van der Waals surface area contributed by atoms with Crippen molar-refractivity contribution in [3.63, 3.8) is 0 Å². The Morgan fingerprint density at radius 3 is 3.12 bits per heavy atom. The van der Waals surface area contributed by atoms with Crippen LogP contribution in [0.15, 0.2) is 30.3 Å². The highest BCUT2D eigenvalue weighted by molar-refractivity contribution is 5.91. The molecule has 4 nitrogen and oxygen atoms in total. The first-order valence-corrected chi connectivity index (χ1v) is 5.56. The van der Waals surface area contributed by atoms with Crippen molar-refractivity contribution in [1.82, 2.24) is 5.06 Å². The SMILES string of the molecule is COc1cccc(/C=C/C(=O)N2CCCO2)c1. The average Bonchev–Trinajstić information content (AvgIpc) is 2.90. The molecule has 1 heterocycles. The lowest BCUT2D eigenvalue weighted by atomic mass is 10.2. The van der Waals surface area contributed by atoms with E-state index in [0.717, 1.165) is 17.7 Å². The maximum absolute atomic E-state index is 11.7. The Hall–Kier alpha value is -1.81.